The van der Waals surface area contributed by atoms with E-state index >= 15 is 0 Å². The Kier molecular flexibility index (Phi) is 5.32. The van der Waals surface area contributed by atoms with Gasteiger partial charge in [0, 0.05) is 11.1 Å². The fourth-order valence-electron chi connectivity index (χ4n) is 3.80. The molecule has 0 aliphatic carbocycles. The highest BCUT2D eigenvalue weighted by Crippen LogP contribution is 2.29. The van der Waals surface area contributed by atoms with Crippen molar-refractivity contribution >= 4 is 23.5 Å². The van der Waals surface area contributed by atoms with Gasteiger partial charge in [0.25, 0.3) is 0 Å². The summed E-state index contributed by atoms with van der Waals surface area (Å²) in [6, 6.07) is 24.9. The largest absolute Gasteiger partial charge is 0.422 e. The smallest absolute Gasteiger partial charge is 0.344 e. The average molecular weight is 448 g/mol. The molecule has 5 rings (SSSR count). The number of rotatable bonds is 0. The number of esters is 2. The summed E-state index contributed by atoms with van der Waals surface area (Å²) in [7, 11) is 0. The van der Waals surface area contributed by atoms with E-state index in [1.807, 2.05) is 0 Å². The van der Waals surface area contributed by atoms with Gasteiger partial charge in [-0.2, -0.15) is 0 Å². The van der Waals surface area contributed by atoms with Crippen molar-refractivity contribution in [1.29, 1.82) is 0 Å². The first kappa shape index (κ1) is 21.0. The molecule has 0 saturated carbocycles. The highest BCUT2D eigenvalue weighted by Gasteiger charge is 2.27. The Bertz CT molecular complexity index is 1370. The molecule has 1 heterocycles. The molecule has 0 amide bonds. The van der Waals surface area contributed by atoms with Crippen molar-refractivity contribution in [3.63, 3.8) is 0 Å². The molecule has 0 fully saturated rings. The summed E-state index contributed by atoms with van der Waals surface area (Å²) in [5.74, 6) is -2.56. The Morgan fingerprint density at radius 3 is 1.03 bits per heavy atom. The molecule has 164 valence electrons. The van der Waals surface area contributed by atoms with Gasteiger partial charge in [0.2, 0.25) is 0 Å². The monoisotopic (exact) mass is 448 g/mol. The van der Waals surface area contributed by atoms with E-state index in [0.29, 0.717) is 0 Å². The molecule has 0 spiro atoms. The molecule has 1 aliphatic rings. The summed E-state index contributed by atoms with van der Waals surface area (Å²) in [5, 5.41) is 0. The van der Waals surface area contributed by atoms with Gasteiger partial charge in [-0.3, -0.25) is 9.59 Å². The van der Waals surface area contributed by atoms with Gasteiger partial charge in [0.15, 0.2) is 11.6 Å². The molecule has 0 N–H and O–H groups in total. The lowest BCUT2D eigenvalue weighted by Gasteiger charge is -2.15. The van der Waals surface area contributed by atoms with E-state index in [9.17, 15) is 19.2 Å². The predicted octanol–water partition coefficient (Wildman–Crippen LogP) is 4.90. The number of benzene rings is 4. The van der Waals surface area contributed by atoms with Crippen molar-refractivity contribution in [3.05, 3.63) is 130 Å². The third-order valence-corrected chi connectivity index (χ3v) is 5.45. The molecule has 0 unspecified atom stereocenters. The predicted molar refractivity (Wildman–Crippen MR) is 123 cm³/mol. The fraction of sp³-hybridized carbons (Fsp3) is 0. The van der Waals surface area contributed by atoms with Gasteiger partial charge >= 0.3 is 11.9 Å². The van der Waals surface area contributed by atoms with Crippen LogP contribution < -0.4 is 9.47 Å². The lowest BCUT2D eigenvalue weighted by Crippen LogP contribution is -2.20. The molecular formula is C28H16O6. The first-order valence-corrected chi connectivity index (χ1v) is 10.4. The number of ketones is 2. The zero-order valence-electron chi connectivity index (χ0n) is 17.7. The van der Waals surface area contributed by atoms with Crippen LogP contribution in [0.4, 0.5) is 0 Å². The fourth-order valence-corrected chi connectivity index (χ4v) is 3.80. The molecule has 6 nitrogen and oxygen atoms in total. The SMILES string of the molecule is O=C1Oc2ccccc2C(=O)c2ccccc2C(=O)Oc2ccccc2C(=O)c2ccccc21. The Labute approximate surface area is 194 Å². The summed E-state index contributed by atoms with van der Waals surface area (Å²) in [5.41, 5.74) is 0.394. The van der Waals surface area contributed by atoms with Crippen LogP contribution in [-0.4, -0.2) is 23.5 Å². The van der Waals surface area contributed by atoms with Crippen LogP contribution in [0.2, 0.25) is 0 Å². The van der Waals surface area contributed by atoms with Crippen molar-refractivity contribution < 1.29 is 28.7 Å². The number of carbonyl (C=O) groups is 4. The van der Waals surface area contributed by atoms with E-state index in [4.69, 9.17) is 9.47 Å². The van der Waals surface area contributed by atoms with Crippen molar-refractivity contribution in [3.8, 4) is 11.5 Å². The topological polar surface area (TPSA) is 86.7 Å². The Morgan fingerprint density at radius 2 is 0.647 bits per heavy atom. The second kappa shape index (κ2) is 8.60. The van der Waals surface area contributed by atoms with E-state index in [1.54, 1.807) is 48.5 Å². The van der Waals surface area contributed by atoms with E-state index < -0.39 is 23.5 Å². The minimum absolute atomic E-state index is 0.0142. The van der Waals surface area contributed by atoms with Gasteiger partial charge in [-0.25, -0.2) is 9.59 Å². The Balaban J connectivity index is 1.76. The third-order valence-electron chi connectivity index (χ3n) is 5.45. The summed E-state index contributed by atoms with van der Waals surface area (Å²) < 4.78 is 11.2. The van der Waals surface area contributed by atoms with E-state index in [0.717, 1.165) is 0 Å². The number of carbonyl (C=O) groups excluding carboxylic acids is 4. The molecule has 34 heavy (non-hydrogen) atoms. The van der Waals surface area contributed by atoms with Crippen LogP contribution in [0.5, 0.6) is 11.5 Å². The average Bonchev–Trinajstić information content (AvgIpc) is 2.88. The van der Waals surface area contributed by atoms with Gasteiger partial charge in [-0.1, -0.05) is 60.7 Å². The van der Waals surface area contributed by atoms with Crippen molar-refractivity contribution in [2.45, 2.75) is 0 Å². The molecular weight excluding hydrogens is 432 g/mol. The quantitative estimate of drug-likeness (QED) is 0.281. The van der Waals surface area contributed by atoms with Crippen molar-refractivity contribution in [2.75, 3.05) is 0 Å². The molecule has 0 bridgehead atoms. The molecule has 0 atom stereocenters. The zero-order valence-corrected chi connectivity index (χ0v) is 17.7. The van der Waals surface area contributed by atoms with Crippen LogP contribution in [0.1, 0.15) is 52.6 Å². The van der Waals surface area contributed by atoms with Crippen LogP contribution in [0.15, 0.2) is 97.1 Å². The number of ether oxygens (including phenoxy) is 2. The van der Waals surface area contributed by atoms with Crippen LogP contribution in [0, 0.1) is 0 Å². The molecule has 4 aromatic rings. The van der Waals surface area contributed by atoms with Gasteiger partial charge in [0.1, 0.15) is 11.5 Å². The second-order valence-corrected chi connectivity index (χ2v) is 7.52. The lowest BCUT2D eigenvalue weighted by atomic mass is 9.96. The number of fused-ring (bicyclic) bond motifs is 4. The first-order valence-electron chi connectivity index (χ1n) is 10.4. The molecule has 4 aromatic carbocycles. The van der Waals surface area contributed by atoms with Crippen LogP contribution in [0.25, 0.3) is 0 Å². The number of para-hydroxylation sites is 2. The maximum absolute atomic E-state index is 13.4. The molecule has 6 heteroatoms. The molecule has 0 radical (unpaired) electrons. The molecule has 1 aliphatic heterocycles. The van der Waals surface area contributed by atoms with Gasteiger partial charge in [-0.05, 0) is 36.4 Å². The zero-order chi connectivity index (χ0) is 23.7. The highest BCUT2D eigenvalue weighted by molar-refractivity contribution is 6.18. The maximum Gasteiger partial charge on any atom is 0.344 e. The lowest BCUT2D eigenvalue weighted by molar-refractivity contribution is 0.0713. The highest BCUT2D eigenvalue weighted by atomic mass is 16.5. The van der Waals surface area contributed by atoms with E-state index in [-0.39, 0.29) is 44.9 Å². The van der Waals surface area contributed by atoms with Crippen LogP contribution in [0.3, 0.4) is 0 Å². The minimum Gasteiger partial charge on any atom is -0.422 e. The van der Waals surface area contributed by atoms with E-state index in [1.165, 1.54) is 48.5 Å². The maximum atomic E-state index is 13.4. The third kappa shape index (κ3) is 3.67. The standard InChI is InChI=1S/C28H16O6/c29-25-17-9-1-3-11-19(17)27(31)33-24-16-8-6-14-22(24)26(30)18-10-2-4-12-20(18)28(32)34-23-15-7-5-13-21(23)25/h1-16H. The Hall–Kier alpha value is -4.84. The van der Waals surface area contributed by atoms with Crippen molar-refractivity contribution in [1.82, 2.24) is 0 Å². The summed E-state index contributed by atoms with van der Waals surface area (Å²) in [4.78, 5) is 53.1. The van der Waals surface area contributed by atoms with Crippen molar-refractivity contribution in [2.24, 2.45) is 0 Å². The number of hydrogen-bond acceptors (Lipinski definition) is 6. The van der Waals surface area contributed by atoms with Gasteiger partial charge in [0.05, 0.1) is 22.3 Å². The minimum atomic E-state index is -0.788. The first-order chi connectivity index (χ1) is 16.5. The second-order valence-electron chi connectivity index (χ2n) is 7.52. The van der Waals surface area contributed by atoms with Crippen LogP contribution >= 0.6 is 0 Å². The summed E-state index contributed by atoms with van der Waals surface area (Å²) in [6.45, 7) is 0. The summed E-state index contributed by atoms with van der Waals surface area (Å²) >= 11 is 0. The molecule has 0 aromatic heterocycles. The van der Waals surface area contributed by atoms with Gasteiger partial charge in [-0.15, -0.1) is 0 Å². The number of hydrogen-bond donors (Lipinski definition) is 0. The van der Waals surface area contributed by atoms with E-state index in [2.05, 4.69) is 0 Å². The van der Waals surface area contributed by atoms with Crippen LogP contribution in [-0.2, 0) is 0 Å². The van der Waals surface area contributed by atoms with Gasteiger partial charge < -0.3 is 9.47 Å². The summed E-state index contributed by atoms with van der Waals surface area (Å²) in [6.07, 6.45) is 0. The Morgan fingerprint density at radius 1 is 0.353 bits per heavy atom. The normalized spacial score (nSPS) is 13.4. The molecule has 0 saturated heterocycles.